The number of halogens is 6. The van der Waals surface area contributed by atoms with Crippen LogP contribution in [0.3, 0.4) is 0 Å². The molecule has 0 saturated carbocycles. The van der Waals surface area contributed by atoms with Crippen LogP contribution in [-0.2, 0) is 4.79 Å². The van der Waals surface area contributed by atoms with E-state index in [0.717, 1.165) is 0 Å². The van der Waals surface area contributed by atoms with Crippen molar-refractivity contribution in [3.8, 4) is 11.1 Å². The summed E-state index contributed by atoms with van der Waals surface area (Å²) in [5, 5.41) is 18.2. The van der Waals surface area contributed by atoms with E-state index in [1.165, 1.54) is 0 Å². The fraction of sp³-hybridized carbons (Fsp3) is 0.0714. The summed E-state index contributed by atoms with van der Waals surface area (Å²) >= 11 is 0. The molecule has 0 spiro atoms. The number of hydrogen-bond donors (Lipinski definition) is 2. The van der Waals surface area contributed by atoms with Crippen molar-refractivity contribution in [2.75, 3.05) is 0 Å². The molecule has 0 aliphatic rings. The Morgan fingerprint density at radius 3 is 1.83 bits per heavy atom. The van der Waals surface area contributed by atoms with E-state index in [2.05, 4.69) is 0 Å². The van der Waals surface area contributed by atoms with Crippen LogP contribution in [-0.4, -0.2) is 16.2 Å². The van der Waals surface area contributed by atoms with Gasteiger partial charge >= 0.3 is 5.97 Å². The number of carboxylic acid groups (broad SMARTS) is 1. The van der Waals surface area contributed by atoms with E-state index in [1.54, 1.807) is 0 Å². The van der Waals surface area contributed by atoms with Gasteiger partial charge in [0.2, 0.25) is 5.82 Å². The van der Waals surface area contributed by atoms with E-state index in [0.29, 0.717) is 18.2 Å². The Bertz CT molecular complexity index is 777. The van der Waals surface area contributed by atoms with E-state index in [9.17, 15) is 36.2 Å². The Morgan fingerprint density at radius 1 is 0.870 bits per heavy atom. The number of benzene rings is 2. The topological polar surface area (TPSA) is 57.5 Å². The van der Waals surface area contributed by atoms with Crippen molar-refractivity contribution in [1.82, 2.24) is 0 Å². The number of aliphatic hydroxyl groups excluding tert-OH is 1. The van der Waals surface area contributed by atoms with Crippen molar-refractivity contribution >= 4 is 5.97 Å². The lowest BCUT2D eigenvalue weighted by molar-refractivity contribution is -0.146. The molecule has 1 atom stereocenters. The number of rotatable bonds is 3. The van der Waals surface area contributed by atoms with Gasteiger partial charge in [-0.2, -0.15) is 0 Å². The van der Waals surface area contributed by atoms with Gasteiger partial charge in [-0.05, 0) is 17.7 Å². The van der Waals surface area contributed by atoms with Crippen molar-refractivity contribution in [1.29, 1.82) is 0 Å². The van der Waals surface area contributed by atoms with E-state index < -0.39 is 63.7 Å². The molecule has 0 heterocycles. The molecule has 9 heteroatoms. The number of aliphatic hydroxyl groups is 1. The minimum Gasteiger partial charge on any atom is -0.479 e. The lowest BCUT2D eigenvalue weighted by Crippen LogP contribution is -2.13. The summed E-state index contributed by atoms with van der Waals surface area (Å²) in [5.41, 5.74) is -3.16. The molecule has 2 aromatic carbocycles. The largest absolute Gasteiger partial charge is 0.479 e. The van der Waals surface area contributed by atoms with Gasteiger partial charge < -0.3 is 10.2 Å². The molecule has 3 nitrogen and oxygen atoms in total. The van der Waals surface area contributed by atoms with Gasteiger partial charge in [0.15, 0.2) is 29.4 Å². The van der Waals surface area contributed by atoms with Gasteiger partial charge in [-0.15, -0.1) is 0 Å². The molecule has 0 saturated heterocycles. The normalized spacial score (nSPS) is 12.3. The Labute approximate surface area is 124 Å². The van der Waals surface area contributed by atoms with E-state index in [1.807, 2.05) is 0 Å². The molecule has 0 bridgehead atoms. The van der Waals surface area contributed by atoms with Gasteiger partial charge in [0.25, 0.3) is 0 Å². The van der Waals surface area contributed by atoms with Crippen LogP contribution < -0.4 is 0 Å². The first-order valence-electron chi connectivity index (χ1n) is 5.89. The maximum atomic E-state index is 13.8. The van der Waals surface area contributed by atoms with Gasteiger partial charge in [-0.25, -0.2) is 31.1 Å². The average molecular weight is 336 g/mol. The van der Waals surface area contributed by atoms with Crippen LogP contribution >= 0.6 is 0 Å². The third kappa shape index (κ3) is 2.74. The summed E-state index contributed by atoms with van der Waals surface area (Å²) in [5.74, 6) is -14.3. The molecule has 2 rings (SSSR count). The third-order valence-corrected chi connectivity index (χ3v) is 3.02. The minimum absolute atomic E-state index is 0.423. The lowest BCUT2D eigenvalue weighted by atomic mass is 9.94. The molecule has 2 N–H and O–H groups in total. The number of carbonyl (C=O) groups is 1. The van der Waals surface area contributed by atoms with Gasteiger partial charge in [-0.3, -0.25) is 0 Å². The van der Waals surface area contributed by atoms with Crippen LogP contribution in [0.25, 0.3) is 11.1 Å². The van der Waals surface area contributed by atoms with Crippen molar-refractivity contribution in [2.24, 2.45) is 0 Å². The SMILES string of the molecule is O=C(O)C(O)c1cc(F)ccc1-c1c(F)c(F)c(F)c(F)c1F. The maximum absolute atomic E-state index is 13.8. The zero-order valence-electron chi connectivity index (χ0n) is 10.9. The Balaban J connectivity index is 2.86. The van der Waals surface area contributed by atoms with Crippen LogP contribution in [0.2, 0.25) is 0 Å². The summed E-state index contributed by atoms with van der Waals surface area (Å²) < 4.78 is 80.3. The van der Waals surface area contributed by atoms with Crippen molar-refractivity contribution in [3.05, 3.63) is 58.7 Å². The summed E-state index contributed by atoms with van der Waals surface area (Å²) in [6.07, 6.45) is -2.43. The second-order valence-electron chi connectivity index (χ2n) is 4.42. The zero-order valence-corrected chi connectivity index (χ0v) is 10.9. The highest BCUT2D eigenvalue weighted by Crippen LogP contribution is 2.36. The van der Waals surface area contributed by atoms with Gasteiger partial charge in [0, 0.05) is 5.56 Å². The first-order chi connectivity index (χ1) is 10.7. The van der Waals surface area contributed by atoms with Crippen LogP contribution in [0.4, 0.5) is 26.3 Å². The van der Waals surface area contributed by atoms with E-state index in [-0.39, 0.29) is 0 Å². The molecule has 1 unspecified atom stereocenters. The van der Waals surface area contributed by atoms with Crippen molar-refractivity contribution in [2.45, 2.75) is 6.10 Å². The molecule has 122 valence electrons. The molecule has 0 aliphatic carbocycles. The second kappa shape index (κ2) is 5.92. The first kappa shape index (κ1) is 16.8. The Kier molecular flexibility index (Phi) is 4.33. The second-order valence-corrected chi connectivity index (χ2v) is 4.42. The summed E-state index contributed by atoms with van der Waals surface area (Å²) in [6.45, 7) is 0. The molecule has 0 radical (unpaired) electrons. The van der Waals surface area contributed by atoms with Crippen LogP contribution in [0.15, 0.2) is 18.2 Å². The molecule has 2 aromatic rings. The molecule has 0 fully saturated rings. The smallest absolute Gasteiger partial charge is 0.337 e. The lowest BCUT2D eigenvalue weighted by Gasteiger charge is -2.15. The molecule has 0 aliphatic heterocycles. The number of aliphatic carboxylic acids is 1. The third-order valence-electron chi connectivity index (χ3n) is 3.02. The average Bonchev–Trinajstić information content (AvgIpc) is 2.51. The first-order valence-corrected chi connectivity index (χ1v) is 5.89. The zero-order chi connectivity index (χ0) is 17.5. The molecular weight excluding hydrogens is 330 g/mol. The standard InChI is InChI=1S/C14H6F6O3/c15-4-1-2-5(6(3-4)13(21)14(22)23)7-8(16)10(18)12(20)11(19)9(7)17/h1-3,13,21H,(H,22,23). The van der Waals surface area contributed by atoms with Crippen molar-refractivity contribution in [3.63, 3.8) is 0 Å². The minimum atomic E-state index is -2.43. The van der Waals surface area contributed by atoms with Crippen LogP contribution in [0.5, 0.6) is 0 Å². The fourth-order valence-corrected chi connectivity index (χ4v) is 1.96. The van der Waals surface area contributed by atoms with Crippen LogP contribution in [0, 0.1) is 34.9 Å². The highest BCUT2D eigenvalue weighted by Gasteiger charge is 2.30. The molecule has 23 heavy (non-hydrogen) atoms. The Hall–Kier alpha value is -2.55. The van der Waals surface area contributed by atoms with Crippen LogP contribution in [0.1, 0.15) is 11.7 Å². The molecule has 0 aromatic heterocycles. The quantitative estimate of drug-likeness (QED) is 0.514. The summed E-state index contributed by atoms with van der Waals surface area (Å²) in [7, 11) is 0. The highest BCUT2D eigenvalue weighted by atomic mass is 19.2. The summed E-state index contributed by atoms with van der Waals surface area (Å²) in [6, 6.07) is 1.65. The van der Waals surface area contributed by atoms with Gasteiger partial charge in [-0.1, -0.05) is 6.07 Å². The fourth-order valence-electron chi connectivity index (χ4n) is 1.96. The van der Waals surface area contributed by atoms with Gasteiger partial charge in [0.05, 0.1) is 5.56 Å². The predicted molar refractivity (Wildman–Crippen MR) is 64.2 cm³/mol. The van der Waals surface area contributed by atoms with Crippen molar-refractivity contribution < 1.29 is 41.4 Å². The predicted octanol–water partition coefficient (Wildman–Crippen LogP) is 3.31. The summed E-state index contributed by atoms with van der Waals surface area (Å²) in [4.78, 5) is 10.8. The number of hydrogen-bond acceptors (Lipinski definition) is 2. The monoisotopic (exact) mass is 336 g/mol. The number of carboxylic acids is 1. The highest BCUT2D eigenvalue weighted by molar-refractivity contribution is 5.80. The van der Waals surface area contributed by atoms with Gasteiger partial charge in [0.1, 0.15) is 5.82 Å². The molecule has 0 amide bonds. The Morgan fingerprint density at radius 2 is 1.35 bits per heavy atom. The maximum Gasteiger partial charge on any atom is 0.337 e. The molecular formula is C14H6F6O3. The van der Waals surface area contributed by atoms with E-state index >= 15 is 0 Å². The van der Waals surface area contributed by atoms with E-state index in [4.69, 9.17) is 5.11 Å².